The maximum atomic E-state index is 13.0. The predicted molar refractivity (Wildman–Crippen MR) is 130 cm³/mol. The number of fused-ring (bicyclic) bond motifs is 3. The molecular formula is C26H27F3N4OS. The molecule has 5 nitrogen and oxygen atoms in total. The van der Waals surface area contributed by atoms with E-state index in [1.165, 1.54) is 47.2 Å². The van der Waals surface area contributed by atoms with Crippen molar-refractivity contribution in [2.24, 2.45) is 0 Å². The van der Waals surface area contributed by atoms with Gasteiger partial charge in [0.15, 0.2) is 0 Å². The third-order valence-electron chi connectivity index (χ3n) is 7.33. The van der Waals surface area contributed by atoms with Crippen LogP contribution in [0.5, 0.6) is 0 Å². The number of aryl methyl sites for hydroxylation is 2. The summed E-state index contributed by atoms with van der Waals surface area (Å²) >= 11 is 1.83. The van der Waals surface area contributed by atoms with Gasteiger partial charge in [0, 0.05) is 42.5 Å². The number of aromatic nitrogens is 2. The summed E-state index contributed by atoms with van der Waals surface area (Å²) in [6, 6.07) is 4.49. The summed E-state index contributed by atoms with van der Waals surface area (Å²) in [5.74, 6) is 2.20. The van der Waals surface area contributed by atoms with Crippen LogP contribution in [-0.4, -0.2) is 47.0 Å². The van der Waals surface area contributed by atoms with E-state index in [0.29, 0.717) is 32.1 Å². The summed E-state index contributed by atoms with van der Waals surface area (Å²) < 4.78 is 38.6. The number of carbonyl (C=O) groups excluding carboxylic acids is 1. The van der Waals surface area contributed by atoms with Crippen LogP contribution in [0.4, 0.5) is 19.0 Å². The summed E-state index contributed by atoms with van der Waals surface area (Å²) in [5, 5.41) is 1.21. The minimum atomic E-state index is -4.41. The summed E-state index contributed by atoms with van der Waals surface area (Å²) in [7, 11) is 0. The Labute approximate surface area is 206 Å². The van der Waals surface area contributed by atoms with E-state index in [-0.39, 0.29) is 11.5 Å². The Balaban J connectivity index is 1.24. The van der Waals surface area contributed by atoms with E-state index >= 15 is 0 Å². The van der Waals surface area contributed by atoms with Crippen LogP contribution in [-0.2, 0) is 19.0 Å². The monoisotopic (exact) mass is 500 g/mol. The normalized spacial score (nSPS) is 19.1. The number of piperazine rings is 1. The molecular weight excluding hydrogens is 473 g/mol. The van der Waals surface area contributed by atoms with E-state index in [9.17, 15) is 18.0 Å². The molecule has 35 heavy (non-hydrogen) atoms. The molecule has 1 amide bonds. The molecule has 1 aliphatic heterocycles. The number of nitrogens with zero attached hydrogens (tertiary/aromatic N) is 4. The van der Waals surface area contributed by atoms with E-state index in [0.717, 1.165) is 54.3 Å². The van der Waals surface area contributed by atoms with Crippen molar-refractivity contribution in [3.05, 3.63) is 51.7 Å². The van der Waals surface area contributed by atoms with Crippen molar-refractivity contribution in [2.75, 3.05) is 31.1 Å². The molecule has 0 bridgehead atoms. The fraction of sp³-hybridized carbons (Fsp3) is 0.500. The average Bonchev–Trinajstić information content (AvgIpc) is 3.68. The number of carbonyl (C=O) groups is 1. The smallest absolute Gasteiger partial charge is 0.352 e. The van der Waals surface area contributed by atoms with Crippen LogP contribution in [0.2, 0.25) is 0 Å². The number of amides is 1. The van der Waals surface area contributed by atoms with Gasteiger partial charge in [-0.25, -0.2) is 9.97 Å². The Hall–Kier alpha value is -2.68. The minimum Gasteiger partial charge on any atom is -0.352 e. The van der Waals surface area contributed by atoms with Crippen molar-refractivity contribution < 1.29 is 18.0 Å². The highest BCUT2D eigenvalue weighted by atomic mass is 32.1. The molecule has 0 N–H and O–H groups in total. The first-order valence-corrected chi connectivity index (χ1v) is 13.2. The van der Waals surface area contributed by atoms with Gasteiger partial charge in [-0.15, -0.1) is 11.3 Å². The zero-order chi connectivity index (χ0) is 24.2. The van der Waals surface area contributed by atoms with E-state index in [4.69, 9.17) is 9.97 Å². The molecule has 3 aromatic rings. The second-order valence-electron chi connectivity index (χ2n) is 9.78. The number of hydrogen-bond acceptors (Lipinski definition) is 5. The standard InChI is InChI=1S/C26H27F3N4OS/c27-26(28,29)18-10-8-17(9-11-18)25(34)33-14-12-32(13-15-33)23-21-19-4-2-1-3-5-20(19)35-24(21)31-22(30-23)16-6-7-16/h8-11,16H,1-7,12-15H2. The Morgan fingerprint density at radius 3 is 2.34 bits per heavy atom. The number of halogens is 3. The summed E-state index contributed by atoms with van der Waals surface area (Å²) in [4.78, 5) is 29.6. The minimum absolute atomic E-state index is 0.228. The summed E-state index contributed by atoms with van der Waals surface area (Å²) in [6.07, 6.45) is 3.74. The van der Waals surface area contributed by atoms with Gasteiger partial charge < -0.3 is 9.80 Å². The van der Waals surface area contributed by atoms with Crippen LogP contribution in [0, 0.1) is 0 Å². The van der Waals surface area contributed by atoms with Gasteiger partial charge in [-0.05, 0) is 68.4 Å². The van der Waals surface area contributed by atoms with Crippen LogP contribution in [0.1, 0.15) is 70.2 Å². The molecule has 2 fully saturated rings. The number of alkyl halides is 3. The van der Waals surface area contributed by atoms with Crippen LogP contribution < -0.4 is 4.90 Å². The maximum absolute atomic E-state index is 13.0. The first-order valence-electron chi connectivity index (χ1n) is 12.4. The van der Waals surface area contributed by atoms with Gasteiger partial charge in [-0.2, -0.15) is 13.2 Å². The third-order valence-corrected chi connectivity index (χ3v) is 8.52. The van der Waals surface area contributed by atoms with Crippen molar-refractivity contribution >= 4 is 33.3 Å². The molecule has 1 aromatic carbocycles. The van der Waals surface area contributed by atoms with E-state index in [1.807, 2.05) is 11.3 Å². The van der Waals surface area contributed by atoms with E-state index in [1.54, 1.807) is 4.90 Å². The maximum Gasteiger partial charge on any atom is 0.416 e. The molecule has 0 unspecified atom stereocenters. The van der Waals surface area contributed by atoms with Crippen molar-refractivity contribution in [1.82, 2.24) is 14.9 Å². The predicted octanol–water partition coefficient (Wildman–Crippen LogP) is 5.82. The Morgan fingerprint density at radius 1 is 0.943 bits per heavy atom. The molecule has 3 aliphatic rings. The topological polar surface area (TPSA) is 49.3 Å². The zero-order valence-corrected chi connectivity index (χ0v) is 20.2. The SMILES string of the molecule is O=C(c1ccc(C(F)(F)F)cc1)N1CCN(c2nc(C3CC3)nc3sc4c(c23)CCCCC4)CC1. The van der Waals surface area contributed by atoms with Crippen LogP contribution in [0.25, 0.3) is 10.2 Å². The lowest BCUT2D eigenvalue weighted by Crippen LogP contribution is -2.49. The highest BCUT2D eigenvalue weighted by Gasteiger charge is 2.33. The van der Waals surface area contributed by atoms with E-state index in [2.05, 4.69) is 4.90 Å². The number of benzene rings is 1. The molecule has 2 aromatic heterocycles. The molecule has 9 heteroatoms. The number of thiophene rings is 1. The van der Waals surface area contributed by atoms with Crippen LogP contribution in [0.15, 0.2) is 24.3 Å². The van der Waals surface area contributed by atoms with Gasteiger partial charge in [0.1, 0.15) is 16.5 Å². The van der Waals surface area contributed by atoms with Gasteiger partial charge in [-0.3, -0.25) is 4.79 Å². The Morgan fingerprint density at radius 2 is 1.66 bits per heavy atom. The first-order chi connectivity index (χ1) is 16.9. The average molecular weight is 501 g/mol. The molecule has 3 heterocycles. The summed E-state index contributed by atoms with van der Waals surface area (Å²) in [6.45, 7) is 2.31. The van der Waals surface area contributed by atoms with Gasteiger partial charge in [0.25, 0.3) is 5.91 Å². The zero-order valence-electron chi connectivity index (χ0n) is 19.4. The van der Waals surface area contributed by atoms with Gasteiger partial charge >= 0.3 is 6.18 Å². The first kappa shape index (κ1) is 22.8. The Kier molecular flexibility index (Phi) is 5.70. The Bertz CT molecular complexity index is 1260. The lowest BCUT2D eigenvalue weighted by Gasteiger charge is -2.36. The molecule has 184 valence electrons. The third kappa shape index (κ3) is 4.39. The van der Waals surface area contributed by atoms with Crippen LogP contribution >= 0.6 is 11.3 Å². The van der Waals surface area contributed by atoms with Crippen molar-refractivity contribution in [2.45, 2.75) is 57.0 Å². The molecule has 0 spiro atoms. The lowest BCUT2D eigenvalue weighted by molar-refractivity contribution is -0.137. The molecule has 6 rings (SSSR count). The lowest BCUT2D eigenvalue weighted by atomic mass is 10.1. The van der Waals surface area contributed by atoms with Crippen molar-refractivity contribution in [3.63, 3.8) is 0 Å². The number of rotatable bonds is 3. The second kappa shape index (κ2) is 8.76. The van der Waals surface area contributed by atoms with Gasteiger partial charge in [0.2, 0.25) is 0 Å². The summed E-state index contributed by atoms with van der Waals surface area (Å²) in [5.41, 5.74) is 0.964. The number of anilines is 1. The van der Waals surface area contributed by atoms with Crippen molar-refractivity contribution in [1.29, 1.82) is 0 Å². The molecule has 1 saturated carbocycles. The second-order valence-corrected chi connectivity index (χ2v) is 10.9. The fourth-order valence-corrected chi connectivity index (χ4v) is 6.45. The van der Waals surface area contributed by atoms with Gasteiger partial charge in [0.05, 0.1) is 10.9 Å². The highest BCUT2D eigenvalue weighted by Crippen LogP contribution is 2.44. The van der Waals surface area contributed by atoms with Gasteiger partial charge in [-0.1, -0.05) is 6.42 Å². The molecule has 0 atom stereocenters. The molecule has 0 radical (unpaired) electrons. The van der Waals surface area contributed by atoms with E-state index < -0.39 is 11.7 Å². The fourth-order valence-electron chi connectivity index (χ4n) is 5.19. The largest absolute Gasteiger partial charge is 0.416 e. The highest BCUT2D eigenvalue weighted by molar-refractivity contribution is 7.19. The van der Waals surface area contributed by atoms with Crippen LogP contribution in [0.3, 0.4) is 0 Å². The molecule has 2 aliphatic carbocycles. The number of hydrogen-bond donors (Lipinski definition) is 0. The van der Waals surface area contributed by atoms with Crippen molar-refractivity contribution in [3.8, 4) is 0 Å². The quantitative estimate of drug-likeness (QED) is 0.426. The molecule has 1 saturated heterocycles.